The first kappa shape index (κ1) is 23.2. The lowest BCUT2D eigenvalue weighted by molar-refractivity contribution is 0.0730. The van der Waals surface area contributed by atoms with Crippen LogP contribution in [0.4, 0.5) is 5.69 Å². The van der Waals surface area contributed by atoms with Gasteiger partial charge in [-0.05, 0) is 48.1 Å². The second-order valence-corrected chi connectivity index (χ2v) is 9.72. The van der Waals surface area contributed by atoms with Crippen LogP contribution >= 0.6 is 47.0 Å². The molecule has 1 heterocycles. The molecule has 0 aromatic heterocycles. The molecule has 0 bridgehead atoms. The Balaban J connectivity index is 1.68. The Labute approximate surface area is 195 Å². The zero-order valence-electron chi connectivity index (χ0n) is 15.4. The lowest BCUT2D eigenvalue weighted by atomic mass is 10.2. The number of ether oxygens (including phenoxy) is 1. The van der Waals surface area contributed by atoms with Crippen LogP contribution in [0.3, 0.4) is 0 Å². The lowest BCUT2D eigenvalue weighted by Gasteiger charge is -2.26. The molecule has 2 aromatic rings. The SMILES string of the molecule is O=S(=O)(c1ccc(Cl)c(NC(=S)N/N=C/c2ccc(Cl)c(Cl)c2)c1)N1CCOCC1. The maximum Gasteiger partial charge on any atom is 0.243 e. The zero-order chi connectivity index (χ0) is 21.7. The van der Waals surface area contributed by atoms with Crippen LogP contribution in [-0.4, -0.2) is 50.4 Å². The van der Waals surface area contributed by atoms with Crippen molar-refractivity contribution in [1.29, 1.82) is 0 Å². The normalized spacial score (nSPS) is 15.3. The third kappa shape index (κ3) is 5.82. The average Bonchev–Trinajstić information content (AvgIpc) is 2.73. The Kier molecular flexibility index (Phi) is 7.92. The Bertz CT molecular complexity index is 1070. The standard InChI is InChI=1S/C18H17Cl3N4O3S2/c19-14-3-1-12(9-16(14)21)11-22-24-18(29)23-17-10-13(2-4-15(17)20)30(26,27)25-5-7-28-8-6-25/h1-4,9-11H,5-8H2,(H2,23,24,29)/b22-11+. The molecule has 7 nitrogen and oxygen atoms in total. The molecule has 1 saturated heterocycles. The van der Waals surface area contributed by atoms with Gasteiger partial charge in [-0.25, -0.2) is 8.42 Å². The van der Waals surface area contributed by atoms with Crippen LogP contribution in [0, 0.1) is 0 Å². The summed E-state index contributed by atoms with van der Waals surface area (Å²) in [5.41, 5.74) is 3.70. The summed E-state index contributed by atoms with van der Waals surface area (Å²) >= 11 is 23.2. The van der Waals surface area contributed by atoms with Crippen LogP contribution < -0.4 is 10.7 Å². The first-order valence-corrected chi connectivity index (χ1v) is 11.7. The second kappa shape index (κ2) is 10.2. The highest BCUT2D eigenvalue weighted by molar-refractivity contribution is 7.89. The van der Waals surface area contributed by atoms with Gasteiger partial charge in [-0.3, -0.25) is 5.43 Å². The average molecular weight is 508 g/mol. The summed E-state index contributed by atoms with van der Waals surface area (Å²) in [6, 6.07) is 9.44. The number of halogens is 3. The molecule has 0 spiro atoms. The number of benzene rings is 2. The molecule has 0 saturated carbocycles. The Morgan fingerprint density at radius 1 is 1.07 bits per heavy atom. The first-order valence-electron chi connectivity index (χ1n) is 8.70. The smallest absolute Gasteiger partial charge is 0.243 e. The molecule has 0 radical (unpaired) electrons. The van der Waals surface area contributed by atoms with Crippen molar-refractivity contribution in [2.45, 2.75) is 4.90 Å². The molecule has 1 fully saturated rings. The third-order valence-corrected chi connectivity index (χ3v) is 7.27. The Morgan fingerprint density at radius 3 is 2.47 bits per heavy atom. The molecule has 0 amide bonds. The van der Waals surface area contributed by atoms with Crippen molar-refractivity contribution in [3.63, 3.8) is 0 Å². The third-order valence-electron chi connectivity index (χ3n) is 4.12. The van der Waals surface area contributed by atoms with Gasteiger partial charge in [-0.1, -0.05) is 40.9 Å². The first-order chi connectivity index (χ1) is 14.3. The van der Waals surface area contributed by atoms with E-state index in [-0.39, 0.29) is 10.0 Å². The van der Waals surface area contributed by atoms with E-state index >= 15 is 0 Å². The van der Waals surface area contributed by atoms with Crippen molar-refractivity contribution < 1.29 is 13.2 Å². The fraction of sp³-hybridized carbons (Fsp3) is 0.222. The molecule has 0 atom stereocenters. The molecular weight excluding hydrogens is 491 g/mol. The molecule has 0 unspecified atom stereocenters. The largest absolute Gasteiger partial charge is 0.379 e. The van der Waals surface area contributed by atoms with Crippen molar-refractivity contribution >= 4 is 74.1 Å². The van der Waals surface area contributed by atoms with Crippen LogP contribution in [0.25, 0.3) is 0 Å². The fourth-order valence-electron chi connectivity index (χ4n) is 2.61. The maximum atomic E-state index is 12.8. The number of morpholine rings is 1. The molecule has 3 rings (SSSR count). The minimum absolute atomic E-state index is 0.110. The van der Waals surface area contributed by atoms with Gasteiger partial charge in [0.05, 0.1) is 45.1 Å². The number of thiocarbonyl (C=S) groups is 1. The number of sulfonamides is 1. The molecule has 2 aromatic carbocycles. The summed E-state index contributed by atoms with van der Waals surface area (Å²) < 4.78 is 32.2. The number of rotatable bonds is 5. The van der Waals surface area contributed by atoms with Crippen molar-refractivity contribution in [3.05, 3.63) is 57.0 Å². The summed E-state index contributed by atoms with van der Waals surface area (Å²) in [5.74, 6) is 0. The molecule has 2 N–H and O–H groups in total. The van der Waals surface area contributed by atoms with Gasteiger partial charge in [-0.2, -0.15) is 9.41 Å². The summed E-state index contributed by atoms with van der Waals surface area (Å²) in [5, 5.41) is 8.17. The molecule has 0 aliphatic carbocycles. The minimum Gasteiger partial charge on any atom is -0.379 e. The van der Waals surface area contributed by atoms with Gasteiger partial charge in [-0.15, -0.1) is 0 Å². The van der Waals surface area contributed by atoms with Crippen LogP contribution in [0.15, 0.2) is 46.4 Å². The molecular formula is C18H17Cl3N4O3S2. The van der Waals surface area contributed by atoms with Crippen molar-refractivity contribution in [3.8, 4) is 0 Å². The Morgan fingerprint density at radius 2 is 1.77 bits per heavy atom. The lowest BCUT2D eigenvalue weighted by Crippen LogP contribution is -2.40. The highest BCUT2D eigenvalue weighted by atomic mass is 35.5. The molecule has 1 aliphatic heterocycles. The highest BCUT2D eigenvalue weighted by Gasteiger charge is 2.26. The van der Waals surface area contributed by atoms with E-state index in [0.29, 0.717) is 47.1 Å². The van der Waals surface area contributed by atoms with Gasteiger partial charge < -0.3 is 10.1 Å². The number of nitrogens with one attached hydrogen (secondary N) is 2. The van der Waals surface area contributed by atoms with Crippen LogP contribution in [0.1, 0.15) is 5.56 Å². The van der Waals surface area contributed by atoms with E-state index in [1.165, 1.54) is 28.7 Å². The summed E-state index contributed by atoms with van der Waals surface area (Å²) in [6.07, 6.45) is 1.51. The molecule has 1 aliphatic rings. The number of hydrogen-bond donors (Lipinski definition) is 2. The van der Waals surface area contributed by atoms with Gasteiger partial charge >= 0.3 is 0 Å². The van der Waals surface area contributed by atoms with E-state index in [1.54, 1.807) is 18.2 Å². The predicted molar refractivity (Wildman–Crippen MR) is 124 cm³/mol. The summed E-state index contributed by atoms with van der Waals surface area (Å²) in [6.45, 7) is 1.33. The molecule has 160 valence electrons. The summed E-state index contributed by atoms with van der Waals surface area (Å²) in [7, 11) is -3.66. The Hall–Kier alpha value is -1.46. The van der Waals surface area contributed by atoms with Gasteiger partial charge in [0.2, 0.25) is 10.0 Å². The number of nitrogens with zero attached hydrogens (tertiary/aromatic N) is 2. The van der Waals surface area contributed by atoms with Gasteiger partial charge in [0.15, 0.2) is 5.11 Å². The highest BCUT2D eigenvalue weighted by Crippen LogP contribution is 2.27. The number of anilines is 1. The quantitative estimate of drug-likeness (QED) is 0.362. The zero-order valence-corrected chi connectivity index (χ0v) is 19.3. The molecule has 30 heavy (non-hydrogen) atoms. The van der Waals surface area contributed by atoms with E-state index in [0.717, 1.165) is 5.56 Å². The van der Waals surface area contributed by atoms with E-state index in [2.05, 4.69) is 15.8 Å². The van der Waals surface area contributed by atoms with Gasteiger partial charge in [0, 0.05) is 13.1 Å². The van der Waals surface area contributed by atoms with E-state index in [4.69, 9.17) is 51.8 Å². The predicted octanol–water partition coefficient (Wildman–Crippen LogP) is 3.99. The summed E-state index contributed by atoms with van der Waals surface area (Å²) in [4.78, 5) is 0.110. The monoisotopic (exact) mass is 506 g/mol. The van der Waals surface area contributed by atoms with Crippen molar-refractivity contribution in [1.82, 2.24) is 9.73 Å². The maximum absolute atomic E-state index is 12.8. The van der Waals surface area contributed by atoms with Crippen molar-refractivity contribution in [2.24, 2.45) is 5.10 Å². The topological polar surface area (TPSA) is 83.0 Å². The van der Waals surface area contributed by atoms with Crippen LogP contribution in [-0.2, 0) is 14.8 Å². The van der Waals surface area contributed by atoms with Crippen LogP contribution in [0.2, 0.25) is 15.1 Å². The van der Waals surface area contributed by atoms with Gasteiger partial charge in [0.1, 0.15) is 0 Å². The van der Waals surface area contributed by atoms with Crippen LogP contribution in [0.5, 0.6) is 0 Å². The molecule has 12 heteroatoms. The van der Waals surface area contributed by atoms with E-state index in [1.807, 2.05) is 0 Å². The number of hydrazone groups is 1. The van der Waals surface area contributed by atoms with E-state index < -0.39 is 10.0 Å². The fourth-order valence-corrected chi connectivity index (χ4v) is 4.67. The van der Waals surface area contributed by atoms with Crippen molar-refractivity contribution in [2.75, 3.05) is 31.6 Å². The second-order valence-electron chi connectivity index (χ2n) is 6.16. The number of hydrogen-bond acceptors (Lipinski definition) is 5. The minimum atomic E-state index is -3.66. The van der Waals surface area contributed by atoms with Gasteiger partial charge in [0.25, 0.3) is 0 Å². The van der Waals surface area contributed by atoms with E-state index in [9.17, 15) is 8.42 Å².